The first-order chi connectivity index (χ1) is 7.13. The van der Waals surface area contributed by atoms with E-state index in [4.69, 9.17) is 4.74 Å². The van der Waals surface area contributed by atoms with Crippen molar-refractivity contribution < 1.29 is 14.6 Å². The lowest BCUT2D eigenvalue weighted by Crippen LogP contribution is -2.05. The summed E-state index contributed by atoms with van der Waals surface area (Å²) in [6.45, 7) is 2.18. The summed E-state index contributed by atoms with van der Waals surface area (Å²) >= 11 is 2.17. The van der Waals surface area contributed by atoms with E-state index in [2.05, 4.69) is 22.6 Å². The van der Waals surface area contributed by atoms with Gasteiger partial charge in [-0.15, -0.1) is 0 Å². The van der Waals surface area contributed by atoms with Gasteiger partial charge < -0.3 is 9.84 Å². The van der Waals surface area contributed by atoms with E-state index in [0.29, 0.717) is 19.4 Å². The number of hydrogen-bond donors (Lipinski definition) is 1. The molecule has 0 atom stereocenters. The van der Waals surface area contributed by atoms with Gasteiger partial charge in [0, 0.05) is 9.99 Å². The number of benzene rings is 1. The zero-order valence-corrected chi connectivity index (χ0v) is 10.7. The minimum absolute atomic E-state index is 0.226. The fourth-order valence-electron chi connectivity index (χ4n) is 1.22. The SMILES string of the molecule is CCOC(=O)CCc1cc(I)ccc1O. The zero-order valence-electron chi connectivity index (χ0n) is 8.50. The second-order valence-corrected chi connectivity index (χ2v) is 4.32. The molecule has 15 heavy (non-hydrogen) atoms. The van der Waals surface area contributed by atoms with E-state index in [1.807, 2.05) is 12.1 Å². The number of halogens is 1. The highest BCUT2D eigenvalue weighted by Gasteiger charge is 2.06. The lowest BCUT2D eigenvalue weighted by atomic mass is 10.1. The van der Waals surface area contributed by atoms with Crippen LogP contribution in [-0.2, 0) is 16.0 Å². The zero-order chi connectivity index (χ0) is 11.3. The molecule has 1 aromatic carbocycles. The van der Waals surface area contributed by atoms with E-state index in [1.54, 1.807) is 13.0 Å². The van der Waals surface area contributed by atoms with Gasteiger partial charge in [0.05, 0.1) is 6.61 Å². The first kappa shape index (κ1) is 12.3. The fraction of sp³-hybridized carbons (Fsp3) is 0.364. The second kappa shape index (κ2) is 5.95. The third kappa shape index (κ3) is 4.07. The number of carbonyl (C=O) groups is 1. The van der Waals surface area contributed by atoms with E-state index in [0.717, 1.165) is 9.13 Å². The second-order valence-electron chi connectivity index (χ2n) is 3.08. The van der Waals surface area contributed by atoms with Gasteiger partial charge in [-0.1, -0.05) is 0 Å². The number of phenols is 1. The monoisotopic (exact) mass is 320 g/mol. The Kier molecular flexibility index (Phi) is 4.87. The van der Waals surface area contributed by atoms with E-state index in [9.17, 15) is 9.90 Å². The molecule has 0 saturated carbocycles. The van der Waals surface area contributed by atoms with Crippen LogP contribution in [0.5, 0.6) is 5.75 Å². The van der Waals surface area contributed by atoms with Gasteiger partial charge in [0.25, 0.3) is 0 Å². The Morgan fingerprint density at radius 1 is 1.53 bits per heavy atom. The molecule has 1 rings (SSSR count). The largest absolute Gasteiger partial charge is 0.508 e. The number of aromatic hydroxyl groups is 1. The van der Waals surface area contributed by atoms with Crippen molar-refractivity contribution in [3.8, 4) is 5.75 Å². The summed E-state index contributed by atoms with van der Waals surface area (Å²) in [7, 11) is 0. The van der Waals surface area contributed by atoms with Crippen LogP contribution in [0.25, 0.3) is 0 Å². The Morgan fingerprint density at radius 3 is 2.93 bits per heavy atom. The molecule has 0 saturated heterocycles. The van der Waals surface area contributed by atoms with Crippen LogP contribution in [0.3, 0.4) is 0 Å². The predicted octanol–water partition coefficient (Wildman–Crippen LogP) is 2.49. The van der Waals surface area contributed by atoms with Gasteiger partial charge in [-0.25, -0.2) is 0 Å². The molecule has 3 nitrogen and oxygen atoms in total. The van der Waals surface area contributed by atoms with Gasteiger partial charge in [-0.3, -0.25) is 4.79 Å². The van der Waals surface area contributed by atoms with E-state index in [-0.39, 0.29) is 11.7 Å². The number of esters is 1. The average Bonchev–Trinajstić information content (AvgIpc) is 2.20. The van der Waals surface area contributed by atoms with Crippen molar-refractivity contribution in [3.63, 3.8) is 0 Å². The number of carbonyl (C=O) groups excluding carboxylic acids is 1. The Hall–Kier alpha value is -0.780. The lowest BCUT2D eigenvalue weighted by Gasteiger charge is -2.05. The van der Waals surface area contributed by atoms with Crippen molar-refractivity contribution >= 4 is 28.6 Å². The summed E-state index contributed by atoms with van der Waals surface area (Å²) in [5, 5.41) is 9.52. The molecular formula is C11H13IO3. The molecule has 1 N–H and O–H groups in total. The van der Waals surface area contributed by atoms with Crippen LogP contribution < -0.4 is 0 Å². The molecule has 0 aliphatic rings. The molecule has 0 aliphatic carbocycles. The average molecular weight is 320 g/mol. The van der Waals surface area contributed by atoms with Crippen LogP contribution in [0.1, 0.15) is 18.9 Å². The Morgan fingerprint density at radius 2 is 2.27 bits per heavy atom. The number of ether oxygens (including phenoxy) is 1. The maximum absolute atomic E-state index is 11.1. The van der Waals surface area contributed by atoms with Crippen molar-refractivity contribution in [2.24, 2.45) is 0 Å². The highest BCUT2D eigenvalue weighted by molar-refractivity contribution is 14.1. The summed E-state index contributed by atoms with van der Waals surface area (Å²) in [5.74, 6) is 0.00970. The Balaban J connectivity index is 2.57. The molecule has 82 valence electrons. The molecule has 0 heterocycles. The van der Waals surface area contributed by atoms with Crippen molar-refractivity contribution in [1.82, 2.24) is 0 Å². The number of aryl methyl sites for hydroxylation is 1. The van der Waals surface area contributed by atoms with Crippen LogP contribution in [0.2, 0.25) is 0 Å². The molecular weight excluding hydrogens is 307 g/mol. The highest BCUT2D eigenvalue weighted by Crippen LogP contribution is 2.21. The summed E-state index contributed by atoms with van der Waals surface area (Å²) in [6, 6.07) is 5.33. The van der Waals surface area contributed by atoms with Crippen LogP contribution in [-0.4, -0.2) is 17.7 Å². The molecule has 1 aromatic rings. The first-order valence-electron chi connectivity index (χ1n) is 4.76. The standard InChI is InChI=1S/C11H13IO3/c1-2-15-11(14)6-3-8-7-9(12)4-5-10(8)13/h4-5,7,13H,2-3,6H2,1H3. The Labute approximate surface area is 103 Å². The van der Waals surface area contributed by atoms with Gasteiger partial charge in [0.1, 0.15) is 5.75 Å². The third-order valence-electron chi connectivity index (χ3n) is 1.95. The molecule has 0 unspecified atom stereocenters. The van der Waals surface area contributed by atoms with Gasteiger partial charge in [0.2, 0.25) is 0 Å². The number of rotatable bonds is 4. The van der Waals surface area contributed by atoms with Crippen LogP contribution in [0.4, 0.5) is 0 Å². The predicted molar refractivity (Wildman–Crippen MR) is 65.8 cm³/mol. The van der Waals surface area contributed by atoms with E-state index >= 15 is 0 Å². The third-order valence-corrected chi connectivity index (χ3v) is 2.62. The van der Waals surface area contributed by atoms with Crippen molar-refractivity contribution in [1.29, 1.82) is 0 Å². The molecule has 0 fully saturated rings. The van der Waals surface area contributed by atoms with Gasteiger partial charge in [0.15, 0.2) is 0 Å². The molecule has 4 heteroatoms. The van der Waals surface area contributed by atoms with Crippen molar-refractivity contribution in [2.45, 2.75) is 19.8 Å². The van der Waals surface area contributed by atoms with Gasteiger partial charge >= 0.3 is 5.97 Å². The minimum atomic E-state index is -0.226. The van der Waals surface area contributed by atoms with E-state index < -0.39 is 0 Å². The molecule has 0 spiro atoms. The first-order valence-corrected chi connectivity index (χ1v) is 5.84. The molecule has 0 aromatic heterocycles. The highest BCUT2D eigenvalue weighted by atomic mass is 127. The molecule has 0 amide bonds. The maximum Gasteiger partial charge on any atom is 0.306 e. The molecule has 0 radical (unpaired) electrons. The van der Waals surface area contributed by atoms with Crippen LogP contribution in [0, 0.1) is 3.57 Å². The Bertz CT molecular complexity index is 350. The number of phenolic OH excluding ortho intramolecular Hbond substituents is 1. The van der Waals surface area contributed by atoms with Crippen LogP contribution in [0.15, 0.2) is 18.2 Å². The summed E-state index contributed by atoms with van der Waals surface area (Å²) in [4.78, 5) is 11.1. The maximum atomic E-state index is 11.1. The fourth-order valence-corrected chi connectivity index (χ4v) is 1.78. The quantitative estimate of drug-likeness (QED) is 0.685. The van der Waals surface area contributed by atoms with Crippen molar-refractivity contribution in [3.05, 3.63) is 27.3 Å². The smallest absolute Gasteiger partial charge is 0.306 e. The molecule has 0 bridgehead atoms. The van der Waals surface area contributed by atoms with Gasteiger partial charge in [-0.2, -0.15) is 0 Å². The number of hydrogen-bond acceptors (Lipinski definition) is 3. The van der Waals surface area contributed by atoms with Crippen LogP contribution >= 0.6 is 22.6 Å². The minimum Gasteiger partial charge on any atom is -0.508 e. The lowest BCUT2D eigenvalue weighted by molar-refractivity contribution is -0.143. The van der Waals surface area contributed by atoms with Gasteiger partial charge in [-0.05, 0) is 59.7 Å². The topological polar surface area (TPSA) is 46.5 Å². The normalized spacial score (nSPS) is 10.0. The summed E-state index contributed by atoms with van der Waals surface area (Å²) in [6.07, 6.45) is 0.822. The van der Waals surface area contributed by atoms with E-state index in [1.165, 1.54) is 0 Å². The summed E-state index contributed by atoms with van der Waals surface area (Å²) < 4.78 is 5.86. The molecule has 0 aliphatic heterocycles. The van der Waals surface area contributed by atoms with Crippen molar-refractivity contribution in [2.75, 3.05) is 6.61 Å². The summed E-state index contributed by atoms with van der Waals surface area (Å²) in [5.41, 5.74) is 0.787.